The number of rotatable bonds is 4. The molecule has 0 spiro atoms. The second-order valence-corrected chi connectivity index (χ2v) is 12.4. The van der Waals surface area contributed by atoms with Gasteiger partial charge < -0.3 is 9.47 Å². The molecule has 2 heterocycles. The van der Waals surface area contributed by atoms with Gasteiger partial charge in [-0.2, -0.15) is 0 Å². The van der Waals surface area contributed by atoms with Crippen LogP contribution in [0.4, 0.5) is 17.1 Å². The zero-order valence-corrected chi connectivity index (χ0v) is 24.0. The molecule has 0 saturated heterocycles. The van der Waals surface area contributed by atoms with Crippen molar-refractivity contribution >= 4 is 32.7 Å². The van der Waals surface area contributed by atoms with Gasteiger partial charge in [0, 0.05) is 16.7 Å². The third-order valence-corrected chi connectivity index (χ3v) is 9.76. The number of hydrogen-bond donors (Lipinski definition) is 0. The smallest absolute Gasteiger partial charge is 0.208 e. The highest BCUT2D eigenvalue weighted by atomic mass is 32.2. The number of carbonyl (C=O) groups is 1. The van der Waals surface area contributed by atoms with Crippen molar-refractivity contribution in [2.24, 2.45) is 0 Å². The normalized spacial score (nSPS) is 14.0. The van der Waals surface area contributed by atoms with E-state index in [1.165, 1.54) is 12.1 Å². The lowest BCUT2D eigenvalue weighted by atomic mass is 9.97. The van der Waals surface area contributed by atoms with Crippen molar-refractivity contribution in [2.45, 2.75) is 9.79 Å². The predicted octanol–water partition coefficient (Wildman–Crippen LogP) is 9.10. The first-order valence-corrected chi connectivity index (χ1v) is 15.5. The van der Waals surface area contributed by atoms with Crippen molar-refractivity contribution in [3.05, 3.63) is 151 Å². The number of anilines is 3. The first kappa shape index (κ1) is 26.0. The third-order valence-electron chi connectivity index (χ3n) is 7.89. The summed E-state index contributed by atoms with van der Waals surface area (Å²) in [5, 5.41) is 0. The average molecular weight is 594 g/mol. The van der Waals surface area contributed by atoms with Crippen LogP contribution in [-0.4, -0.2) is 14.2 Å². The Morgan fingerprint density at radius 2 is 1.07 bits per heavy atom. The van der Waals surface area contributed by atoms with Crippen LogP contribution >= 0.6 is 0 Å². The molecule has 6 aromatic rings. The van der Waals surface area contributed by atoms with Gasteiger partial charge in [-0.1, -0.05) is 72.8 Å². The van der Waals surface area contributed by atoms with Crippen LogP contribution in [0.5, 0.6) is 23.0 Å². The summed E-state index contributed by atoms with van der Waals surface area (Å²) < 4.78 is 39.6. The number of benzene rings is 6. The maximum Gasteiger partial charge on any atom is 0.208 e. The molecule has 2 aliphatic rings. The molecule has 7 heteroatoms. The molecule has 2 aliphatic heterocycles. The molecule has 212 valence electrons. The number of carbonyl (C=O) groups excluding carboxylic acids is 1. The van der Waals surface area contributed by atoms with E-state index in [-0.39, 0.29) is 26.7 Å². The van der Waals surface area contributed by atoms with Crippen molar-refractivity contribution in [3.63, 3.8) is 0 Å². The van der Waals surface area contributed by atoms with Crippen LogP contribution in [-0.2, 0) is 9.84 Å². The topological polar surface area (TPSA) is 72.9 Å². The minimum absolute atomic E-state index is 0.0124. The van der Waals surface area contributed by atoms with E-state index in [0.29, 0.717) is 17.1 Å². The number of ether oxygens (including phenoxy) is 2. The van der Waals surface area contributed by atoms with Crippen LogP contribution < -0.4 is 14.4 Å². The summed E-state index contributed by atoms with van der Waals surface area (Å²) >= 11 is 0. The molecule has 0 saturated carbocycles. The molecule has 0 fully saturated rings. The molecule has 8 rings (SSSR count). The number of para-hydroxylation sites is 7. The summed E-state index contributed by atoms with van der Waals surface area (Å²) in [5.41, 5.74) is 4.29. The number of ketones is 1. The van der Waals surface area contributed by atoms with Crippen LogP contribution in [0.2, 0.25) is 0 Å². The van der Waals surface area contributed by atoms with E-state index < -0.39 is 9.84 Å². The lowest BCUT2D eigenvalue weighted by Crippen LogP contribution is -2.20. The maximum absolute atomic E-state index is 13.5. The van der Waals surface area contributed by atoms with E-state index >= 15 is 0 Å². The fourth-order valence-electron chi connectivity index (χ4n) is 5.87. The highest BCUT2D eigenvalue weighted by molar-refractivity contribution is 7.91. The molecule has 0 aliphatic carbocycles. The van der Waals surface area contributed by atoms with Crippen LogP contribution in [0.25, 0.3) is 11.1 Å². The summed E-state index contributed by atoms with van der Waals surface area (Å²) in [7, 11) is -3.83. The Bertz CT molecular complexity index is 2200. The Morgan fingerprint density at radius 3 is 1.80 bits per heavy atom. The molecular weight excluding hydrogens is 570 g/mol. The van der Waals surface area contributed by atoms with E-state index in [4.69, 9.17) is 9.47 Å². The number of fused-ring (bicyclic) bond motifs is 4. The van der Waals surface area contributed by atoms with Crippen molar-refractivity contribution in [1.29, 1.82) is 0 Å². The highest BCUT2D eigenvalue weighted by Gasteiger charge is 2.35. The standard InChI is InChI=1S/C37H23NO5S/c39-37-26-12-2-10-20-35(26)44(40,41)36-22-21-24(23-27(36)37)25-11-1-6-16-31(25)42-32-17-7-3-13-28(32)38-29-14-4-8-18-33(29)43-34-19-9-5-15-30(34)38/h1-23H. The lowest BCUT2D eigenvalue weighted by Gasteiger charge is -2.33. The molecule has 0 atom stereocenters. The number of nitrogens with zero attached hydrogens (tertiary/aromatic N) is 1. The SMILES string of the molecule is O=C1c2ccccc2S(=O)(=O)c2ccc(-c3ccccc3Oc3ccccc3N3c4ccccc4Oc4ccccc43)cc21. The minimum atomic E-state index is -3.83. The van der Waals surface area contributed by atoms with E-state index in [0.717, 1.165) is 34.1 Å². The van der Waals surface area contributed by atoms with Gasteiger partial charge in [0.05, 0.1) is 26.9 Å². The van der Waals surface area contributed by atoms with Crippen LogP contribution in [0.1, 0.15) is 15.9 Å². The van der Waals surface area contributed by atoms with Crippen LogP contribution in [0.3, 0.4) is 0 Å². The molecule has 6 nitrogen and oxygen atoms in total. The maximum atomic E-state index is 13.5. The van der Waals surface area contributed by atoms with E-state index in [2.05, 4.69) is 4.90 Å². The molecule has 6 aromatic carbocycles. The summed E-state index contributed by atoms with van der Waals surface area (Å²) in [6.07, 6.45) is 0. The molecule has 0 aromatic heterocycles. The molecule has 44 heavy (non-hydrogen) atoms. The van der Waals surface area contributed by atoms with E-state index in [1.807, 2.05) is 97.1 Å². The molecule has 0 N–H and O–H groups in total. The molecular formula is C37H23NO5S. The number of hydrogen-bond acceptors (Lipinski definition) is 6. The molecule has 0 bridgehead atoms. The Kier molecular flexibility index (Phi) is 5.89. The van der Waals surface area contributed by atoms with Gasteiger partial charge in [0.25, 0.3) is 0 Å². The van der Waals surface area contributed by atoms with E-state index in [9.17, 15) is 13.2 Å². The Morgan fingerprint density at radius 1 is 0.523 bits per heavy atom. The quantitative estimate of drug-likeness (QED) is 0.203. The molecule has 0 radical (unpaired) electrons. The van der Waals surface area contributed by atoms with Crippen molar-refractivity contribution in [1.82, 2.24) is 0 Å². The molecule has 0 unspecified atom stereocenters. The zero-order valence-electron chi connectivity index (χ0n) is 23.2. The minimum Gasteiger partial charge on any atom is -0.455 e. The van der Waals surface area contributed by atoms with E-state index in [1.54, 1.807) is 30.3 Å². The summed E-state index contributed by atoms with van der Waals surface area (Å²) in [6, 6.07) is 42.2. The fraction of sp³-hybridized carbons (Fsp3) is 0. The average Bonchev–Trinajstić information content (AvgIpc) is 3.07. The lowest BCUT2D eigenvalue weighted by molar-refractivity contribution is 0.103. The zero-order chi connectivity index (χ0) is 29.8. The van der Waals surface area contributed by atoms with Gasteiger partial charge in [0.1, 0.15) is 5.75 Å². The van der Waals surface area contributed by atoms with Gasteiger partial charge in [-0.25, -0.2) is 8.42 Å². The van der Waals surface area contributed by atoms with Crippen LogP contribution in [0, 0.1) is 0 Å². The van der Waals surface area contributed by atoms with Gasteiger partial charge in [0.2, 0.25) is 9.84 Å². The summed E-state index contributed by atoms with van der Waals surface area (Å²) in [4.78, 5) is 15.6. The van der Waals surface area contributed by atoms with Crippen molar-refractivity contribution in [2.75, 3.05) is 4.90 Å². The summed E-state index contributed by atoms with van der Waals surface area (Å²) in [5.74, 6) is 2.31. The van der Waals surface area contributed by atoms with Crippen LogP contribution in [0.15, 0.2) is 149 Å². The third kappa shape index (κ3) is 4.01. The second-order valence-electron chi connectivity index (χ2n) is 10.5. The Balaban J connectivity index is 1.23. The molecule has 0 amide bonds. The van der Waals surface area contributed by atoms with Crippen molar-refractivity contribution in [3.8, 4) is 34.1 Å². The van der Waals surface area contributed by atoms with Gasteiger partial charge in [0.15, 0.2) is 23.0 Å². The van der Waals surface area contributed by atoms with Gasteiger partial charge in [-0.3, -0.25) is 9.69 Å². The van der Waals surface area contributed by atoms with Gasteiger partial charge in [-0.15, -0.1) is 0 Å². The first-order valence-electron chi connectivity index (χ1n) is 14.1. The first-order chi connectivity index (χ1) is 21.5. The Labute approximate surface area is 254 Å². The monoisotopic (exact) mass is 593 g/mol. The number of sulfone groups is 1. The second kappa shape index (κ2) is 9.97. The highest BCUT2D eigenvalue weighted by Crippen LogP contribution is 2.52. The van der Waals surface area contributed by atoms with Gasteiger partial charge in [-0.05, 0) is 72.3 Å². The van der Waals surface area contributed by atoms with Gasteiger partial charge >= 0.3 is 0 Å². The predicted molar refractivity (Wildman–Crippen MR) is 168 cm³/mol. The van der Waals surface area contributed by atoms with Crippen molar-refractivity contribution < 1.29 is 22.7 Å². The largest absolute Gasteiger partial charge is 0.455 e. The fourth-order valence-corrected chi connectivity index (χ4v) is 7.50. The Hall–Kier alpha value is -5.66. The summed E-state index contributed by atoms with van der Waals surface area (Å²) in [6.45, 7) is 0.